The topological polar surface area (TPSA) is 73.0 Å². The summed E-state index contributed by atoms with van der Waals surface area (Å²) in [4.78, 5) is 11.9. The number of hydrogen-bond acceptors (Lipinski definition) is 4. The summed E-state index contributed by atoms with van der Waals surface area (Å²) in [7, 11) is 1.77. The van der Waals surface area contributed by atoms with E-state index in [0.717, 1.165) is 30.5 Å². The second kappa shape index (κ2) is 3.73. The lowest BCUT2D eigenvalue weighted by Gasteiger charge is -1.99. The van der Waals surface area contributed by atoms with Crippen molar-refractivity contribution in [3.8, 4) is 0 Å². The van der Waals surface area contributed by atoms with Gasteiger partial charge in [-0.3, -0.25) is 14.8 Å². The van der Waals surface area contributed by atoms with E-state index < -0.39 is 0 Å². The average molecular weight is 232 g/mol. The number of fused-ring (bicyclic) bond motifs is 1. The number of aryl methyl sites for hydroxylation is 2. The largest absolute Gasteiger partial charge is 0.338 e. The fraction of sp³-hybridized carbons (Fsp3) is 0.364. The van der Waals surface area contributed by atoms with Gasteiger partial charge in [-0.05, 0) is 25.3 Å². The molecule has 6 nitrogen and oxygen atoms in total. The van der Waals surface area contributed by atoms with Crippen LogP contribution in [-0.4, -0.2) is 20.8 Å². The Morgan fingerprint density at radius 2 is 2.41 bits per heavy atom. The molecule has 2 aromatic heterocycles. The van der Waals surface area contributed by atoms with Crippen molar-refractivity contribution in [1.29, 1.82) is 0 Å². The molecule has 1 N–H and O–H groups in total. The van der Waals surface area contributed by atoms with E-state index in [0.29, 0.717) is 11.6 Å². The molecular weight excluding hydrogens is 220 g/mol. The van der Waals surface area contributed by atoms with Crippen molar-refractivity contribution in [2.45, 2.75) is 19.3 Å². The zero-order chi connectivity index (χ0) is 11.8. The Bertz CT molecular complexity index is 570. The summed E-state index contributed by atoms with van der Waals surface area (Å²) in [5.41, 5.74) is 2.35. The predicted octanol–water partition coefficient (Wildman–Crippen LogP) is 1.15. The van der Waals surface area contributed by atoms with Crippen molar-refractivity contribution in [3.63, 3.8) is 0 Å². The maximum atomic E-state index is 11.9. The summed E-state index contributed by atoms with van der Waals surface area (Å²) in [5.74, 6) is 0.199. The minimum absolute atomic E-state index is 0.267. The number of carbonyl (C=O) groups excluding carboxylic acids is 1. The Balaban J connectivity index is 1.81. The molecule has 88 valence electrons. The van der Waals surface area contributed by atoms with Crippen molar-refractivity contribution >= 4 is 11.8 Å². The molecule has 3 rings (SSSR count). The molecule has 0 aliphatic heterocycles. The molecule has 0 spiro atoms. The van der Waals surface area contributed by atoms with E-state index in [1.807, 2.05) is 0 Å². The molecule has 17 heavy (non-hydrogen) atoms. The molecule has 0 saturated carbocycles. The van der Waals surface area contributed by atoms with Gasteiger partial charge in [0.05, 0.1) is 5.69 Å². The molecule has 0 fully saturated rings. The number of carbonyl (C=O) groups is 1. The number of aromatic nitrogens is 3. The molecule has 1 aliphatic carbocycles. The van der Waals surface area contributed by atoms with E-state index in [1.54, 1.807) is 24.0 Å². The molecule has 6 heteroatoms. The highest BCUT2D eigenvalue weighted by Crippen LogP contribution is 2.28. The first-order valence-electron chi connectivity index (χ1n) is 5.52. The predicted molar refractivity (Wildman–Crippen MR) is 59.7 cm³/mol. The second-order valence-corrected chi connectivity index (χ2v) is 4.12. The van der Waals surface area contributed by atoms with Gasteiger partial charge in [-0.25, -0.2) is 0 Å². The molecule has 1 amide bonds. The second-order valence-electron chi connectivity index (χ2n) is 4.12. The standard InChI is InChI=1S/C11H12N4O2/c1-15-6-5-9(13-15)10(16)12-11-7-3-2-4-8(7)14-17-11/h5-6H,2-4H2,1H3,(H,12,16). The van der Waals surface area contributed by atoms with Gasteiger partial charge < -0.3 is 4.52 Å². The normalized spacial score (nSPS) is 13.7. The first-order valence-corrected chi connectivity index (χ1v) is 5.52. The van der Waals surface area contributed by atoms with Crippen LogP contribution in [0.15, 0.2) is 16.8 Å². The van der Waals surface area contributed by atoms with Gasteiger partial charge in [-0.1, -0.05) is 5.16 Å². The van der Waals surface area contributed by atoms with Gasteiger partial charge in [0.25, 0.3) is 5.91 Å². The SMILES string of the molecule is Cn1ccc(C(=O)Nc2onc3c2CCC3)n1. The van der Waals surface area contributed by atoms with Crippen molar-refractivity contribution in [2.75, 3.05) is 5.32 Å². The maximum absolute atomic E-state index is 11.9. The lowest BCUT2D eigenvalue weighted by molar-refractivity contribution is 0.101. The van der Waals surface area contributed by atoms with Crippen molar-refractivity contribution in [1.82, 2.24) is 14.9 Å². The van der Waals surface area contributed by atoms with Crippen LogP contribution in [0.4, 0.5) is 5.88 Å². The molecule has 0 atom stereocenters. The highest BCUT2D eigenvalue weighted by Gasteiger charge is 2.23. The number of hydrogen-bond donors (Lipinski definition) is 1. The van der Waals surface area contributed by atoms with Crippen molar-refractivity contribution < 1.29 is 9.32 Å². The fourth-order valence-corrected chi connectivity index (χ4v) is 2.03. The molecule has 0 bridgehead atoms. The zero-order valence-corrected chi connectivity index (χ0v) is 9.43. The zero-order valence-electron chi connectivity index (χ0n) is 9.43. The van der Waals surface area contributed by atoms with Gasteiger partial charge in [-0.15, -0.1) is 0 Å². The summed E-state index contributed by atoms with van der Waals surface area (Å²) < 4.78 is 6.70. The smallest absolute Gasteiger partial charge is 0.278 e. The highest BCUT2D eigenvalue weighted by atomic mass is 16.5. The number of anilines is 1. The summed E-state index contributed by atoms with van der Waals surface area (Å²) in [5, 5.41) is 10.7. The third kappa shape index (κ3) is 1.71. The third-order valence-corrected chi connectivity index (χ3v) is 2.88. The maximum Gasteiger partial charge on any atom is 0.278 e. The van der Waals surface area contributed by atoms with Crippen LogP contribution in [-0.2, 0) is 19.9 Å². The number of amides is 1. The number of rotatable bonds is 2. The molecule has 0 aromatic carbocycles. The molecule has 0 unspecified atom stereocenters. The van der Waals surface area contributed by atoms with E-state index in [9.17, 15) is 4.79 Å². The Kier molecular flexibility index (Phi) is 2.21. The van der Waals surface area contributed by atoms with Crippen molar-refractivity contribution in [3.05, 3.63) is 29.2 Å². The summed E-state index contributed by atoms with van der Waals surface area (Å²) in [6.07, 6.45) is 4.63. The van der Waals surface area contributed by atoms with Crippen molar-refractivity contribution in [2.24, 2.45) is 7.05 Å². The van der Waals surface area contributed by atoms with Crippen LogP contribution in [0.3, 0.4) is 0 Å². The van der Waals surface area contributed by atoms with Crippen LogP contribution < -0.4 is 5.32 Å². The van der Waals surface area contributed by atoms with E-state index in [2.05, 4.69) is 15.6 Å². The first kappa shape index (κ1) is 10.1. The Hall–Kier alpha value is -2.11. The van der Waals surface area contributed by atoms with E-state index in [4.69, 9.17) is 4.52 Å². The van der Waals surface area contributed by atoms with E-state index in [1.165, 1.54) is 0 Å². The van der Waals surface area contributed by atoms with Crippen LogP contribution in [0.5, 0.6) is 0 Å². The third-order valence-electron chi connectivity index (χ3n) is 2.88. The minimum Gasteiger partial charge on any atom is -0.338 e. The van der Waals surface area contributed by atoms with Gasteiger partial charge in [0, 0.05) is 18.8 Å². The molecule has 0 radical (unpaired) electrons. The Labute approximate surface area is 97.6 Å². The number of nitrogens with one attached hydrogen (secondary N) is 1. The van der Waals surface area contributed by atoms with Gasteiger partial charge >= 0.3 is 0 Å². The van der Waals surface area contributed by atoms with Crippen LogP contribution in [0, 0.1) is 0 Å². The first-order chi connectivity index (χ1) is 8.24. The molecular formula is C11H12N4O2. The Morgan fingerprint density at radius 3 is 3.18 bits per heavy atom. The Morgan fingerprint density at radius 1 is 1.53 bits per heavy atom. The minimum atomic E-state index is -0.267. The molecule has 0 saturated heterocycles. The molecule has 1 aliphatic rings. The van der Waals surface area contributed by atoms with Gasteiger partial charge in [0.2, 0.25) is 5.88 Å². The lowest BCUT2D eigenvalue weighted by atomic mass is 10.2. The van der Waals surface area contributed by atoms with Crippen LogP contribution in [0.25, 0.3) is 0 Å². The summed E-state index contributed by atoms with van der Waals surface area (Å²) in [6, 6.07) is 1.66. The van der Waals surface area contributed by atoms with Crippen LogP contribution in [0.2, 0.25) is 0 Å². The molecule has 2 aromatic rings. The summed E-state index contributed by atoms with van der Waals surface area (Å²) >= 11 is 0. The monoisotopic (exact) mass is 232 g/mol. The number of nitrogens with zero attached hydrogens (tertiary/aromatic N) is 3. The lowest BCUT2D eigenvalue weighted by Crippen LogP contribution is -2.13. The van der Waals surface area contributed by atoms with Gasteiger partial charge in [0.1, 0.15) is 0 Å². The van der Waals surface area contributed by atoms with E-state index in [-0.39, 0.29) is 5.91 Å². The van der Waals surface area contributed by atoms with Gasteiger partial charge in [0.15, 0.2) is 5.69 Å². The average Bonchev–Trinajstić information content (AvgIpc) is 2.96. The summed E-state index contributed by atoms with van der Waals surface area (Å²) in [6.45, 7) is 0. The van der Waals surface area contributed by atoms with Crippen LogP contribution in [0.1, 0.15) is 28.2 Å². The van der Waals surface area contributed by atoms with E-state index >= 15 is 0 Å². The fourth-order valence-electron chi connectivity index (χ4n) is 2.03. The quantitative estimate of drug-likeness (QED) is 0.842. The molecule has 2 heterocycles. The highest BCUT2D eigenvalue weighted by molar-refractivity contribution is 6.02. The van der Waals surface area contributed by atoms with Gasteiger partial charge in [-0.2, -0.15) is 5.10 Å². The van der Waals surface area contributed by atoms with Crippen LogP contribution >= 0.6 is 0 Å².